The maximum Gasteiger partial charge on any atom is 0.281 e. The molecule has 4 rings (SSSR count). The minimum absolute atomic E-state index is 0.00704. The van der Waals surface area contributed by atoms with Crippen molar-refractivity contribution in [2.24, 2.45) is 10.2 Å². The second kappa shape index (κ2) is 15.3. The molecule has 0 N–H and O–H groups in total. The molecule has 2 aliphatic heterocycles. The first-order valence-electron chi connectivity index (χ1n) is 14.0. The van der Waals surface area contributed by atoms with Crippen LogP contribution in [-0.4, -0.2) is 103 Å². The number of halogens is 2. The third-order valence-electron chi connectivity index (χ3n) is 7.12. The molecule has 2 saturated heterocycles. The van der Waals surface area contributed by atoms with Gasteiger partial charge in [0.1, 0.15) is 20.5 Å². The monoisotopic (exact) mass is 648 g/mol. The summed E-state index contributed by atoms with van der Waals surface area (Å²) in [4.78, 5) is 62.0. The van der Waals surface area contributed by atoms with E-state index in [1.54, 1.807) is 9.80 Å². The summed E-state index contributed by atoms with van der Waals surface area (Å²) in [6, 6.07) is 5.98. The molecule has 44 heavy (non-hydrogen) atoms. The molecule has 18 heteroatoms. The number of carbonyl (C=O) groups is 2. The van der Waals surface area contributed by atoms with Crippen LogP contribution in [0.15, 0.2) is 46.9 Å². The average molecular weight is 649 g/mol. The summed E-state index contributed by atoms with van der Waals surface area (Å²) in [5.74, 6) is -0.854. The van der Waals surface area contributed by atoms with Crippen LogP contribution in [0, 0.1) is 20.2 Å². The van der Waals surface area contributed by atoms with Gasteiger partial charge in [0.25, 0.3) is 23.7 Å². The molecule has 2 aromatic heterocycles. The fourth-order valence-corrected chi connectivity index (χ4v) is 5.22. The van der Waals surface area contributed by atoms with E-state index in [0.717, 1.165) is 38.5 Å². The summed E-state index contributed by atoms with van der Waals surface area (Å²) in [5, 5.41) is 28.2. The van der Waals surface area contributed by atoms with E-state index >= 15 is 0 Å². The van der Waals surface area contributed by atoms with Crippen LogP contribution < -0.4 is 0 Å². The summed E-state index contributed by atoms with van der Waals surface area (Å²) >= 11 is 11.6. The zero-order valence-corrected chi connectivity index (χ0v) is 25.1. The van der Waals surface area contributed by atoms with Crippen molar-refractivity contribution in [3.63, 3.8) is 0 Å². The third kappa shape index (κ3) is 8.57. The standard InChI is InChI=1S/C26H30Cl2N10O6/c27-21-9-7-19(17-29-21)23(39)35-15-13-33(25(35)31-37(41)42)11-5-3-1-2-4-6-12-34-14-16-36(26(34)32-38(43)44)24(40)20-8-10-22(28)30-18-20/h7-10,17-18H,1-6,11-16H2. The van der Waals surface area contributed by atoms with Gasteiger partial charge in [-0.1, -0.05) is 48.9 Å². The number of nitro groups is 2. The Morgan fingerprint density at radius 2 is 1.07 bits per heavy atom. The summed E-state index contributed by atoms with van der Waals surface area (Å²) in [5.41, 5.74) is 0.521. The number of pyridine rings is 2. The van der Waals surface area contributed by atoms with E-state index in [1.165, 1.54) is 46.5 Å². The van der Waals surface area contributed by atoms with E-state index in [4.69, 9.17) is 23.2 Å². The molecule has 0 bridgehead atoms. The molecule has 2 amide bonds. The van der Waals surface area contributed by atoms with Crippen LogP contribution in [0.3, 0.4) is 0 Å². The molecule has 0 saturated carbocycles. The van der Waals surface area contributed by atoms with Gasteiger partial charge in [0.15, 0.2) is 10.1 Å². The molecular formula is C26H30Cl2N10O6. The number of carbonyl (C=O) groups excluding carboxylic acids is 2. The fraction of sp³-hybridized carbons (Fsp3) is 0.462. The fourth-order valence-electron chi connectivity index (χ4n) is 5.00. The van der Waals surface area contributed by atoms with Crippen LogP contribution in [0.5, 0.6) is 0 Å². The quantitative estimate of drug-likeness (QED) is 0.135. The summed E-state index contributed by atoms with van der Waals surface area (Å²) in [6.45, 7) is 2.42. The highest BCUT2D eigenvalue weighted by molar-refractivity contribution is 6.29. The van der Waals surface area contributed by atoms with Gasteiger partial charge in [-0.15, -0.1) is 0 Å². The van der Waals surface area contributed by atoms with Gasteiger partial charge < -0.3 is 9.80 Å². The Kier molecular flexibility index (Phi) is 11.3. The lowest BCUT2D eigenvalue weighted by atomic mass is 10.1. The lowest BCUT2D eigenvalue weighted by molar-refractivity contribution is -0.486. The van der Waals surface area contributed by atoms with Crippen LogP contribution in [0.25, 0.3) is 0 Å². The van der Waals surface area contributed by atoms with Crippen molar-refractivity contribution in [1.29, 1.82) is 0 Å². The van der Waals surface area contributed by atoms with E-state index in [9.17, 15) is 29.8 Å². The molecular weight excluding hydrogens is 619 g/mol. The summed E-state index contributed by atoms with van der Waals surface area (Å²) < 4.78 is 0. The molecule has 2 aliphatic rings. The topological polar surface area (TPSA) is 184 Å². The zero-order valence-electron chi connectivity index (χ0n) is 23.6. The molecule has 0 spiro atoms. The predicted molar refractivity (Wildman–Crippen MR) is 160 cm³/mol. The van der Waals surface area contributed by atoms with Gasteiger partial charge >= 0.3 is 0 Å². The van der Waals surface area contributed by atoms with Crippen molar-refractivity contribution in [3.8, 4) is 0 Å². The third-order valence-corrected chi connectivity index (χ3v) is 7.57. The maximum absolute atomic E-state index is 12.9. The van der Waals surface area contributed by atoms with Crippen molar-refractivity contribution >= 4 is 46.9 Å². The van der Waals surface area contributed by atoms with Crippen molar-refractivity contribution in [3.05, 3.63) is 78.3 Å². The smallest absolute Gasteiger partial charge is 0.281 e. The molecule has 0 aromatic carbocycles. The van der Waals surface area contributed by atoms with Crippen LogP contribution in [0.2, 0.25) is 10.3 Å². The van der Waals surface area contributed by atoms with E-state index < -0.39 is 21.9 Å². The molecule has 0 unspecified atom stereocenters. The Balaban J connectivity index is 1.19. The highest BCUT2D eigenvalue weighted by Crippen LogP contribution is 2.18. The molecule has 0 aliphatic carbocycles. The second-order valence-electron chi connectivity index (χ2n) is 10.0. The van der Waals surface area contributed by atoms with Gasteiger partial charge in [-0.05, 0) is 37.1 Å². The van der Waals surface area contributed by atoms with Crippen LogP contribution in [0.4, 0.5) is 0 Å². The number of hydrogen-bond acceptors (Lipinski definition) is 8. The number of hydrazone groups is 2. The second-order valence-corrected chi connectivity index (χ2v) is 10.8. The van der Waals surface area contributed by atoms with Gasteiger partial charge in [-0.3, -0.25) is 19.4 Å². The van der Waals surface area contributed by atoms with Crippen LogP contribution >= 0.6 is 23.2 Å². The van der Waals surface area contributed by atoms with E-state index in [0.29, 0.717) is 26.2 Å². The number of aromatic nitrogens is 2. The number of unbranched alkanes of at least 4 members (excludes halogenated alkanes) is 5. The largest absolute Gasteiger partial charge is 0.335 e. The number of hydrogen-bond donors (Lipinski definition) is 0. The Bertz CT molecular complexity index is 1320. The minimum Gasteiger partial charge on any atom is -0.335 e. The first-order chi connectivity index (χ1) is 21.1. The van der Waals surface area contributed by atoms with Gasteiger partial charge in [0.2, 0.25) is 0 Å². The molecule has 16 nitrogen and oxygen atoms in total. The van der Waals surface area contributed by atoms with Gasteiger partial charge in [-0.25, -0.2) is 30.2 Å². The van der Waals surface area contributed by atoms with Gasteiger partial charge in [-0.2, -0.15) is 0 Å². The Morgan fingerprint density at radius 3 is 1.41 bits per heavy atom. The zero-order chi connectivity index (χ0) is 31.6. The molecule has 0 atom stereocenters. The van der Waals surface area contributed by atoms with Crippen molar-refractivity contribution in [2.45, 2.75) is 38.5 Å². The lowest BCUT2D eigenvalue weighted by Gasteiger charge is -2.20. The lowest BCUT2D eigenvalue weighted by Crippen LogP contribution is -2.38. The molecule has 2 aromatic rings. The first kappa shape index (κ1) is 32.5. The normalized spacial score (nSPS) is 16.8. The van der Waals surface area contributed by atoms with Crippen LogP contribution in [0.1, 0.15) is 59.2 Å². The average Bonchev–Trinajstić information content (AvgIpc) is 3.57. The molecule has 2 fully saturated rings. The van der Waals surface area contributed by atoms with E-state index in [1.807, 2.05) is 0 Å². The van der Waals surface area contributed by atoms with Gasteiger partial charge in [0.05, 0.1) is 11.1 Å². The molecule has 0 radical (unpaired) electrons. The van der Waals surface area contributed by atoms with Crippen molar-refractivity contribution < 1.29 is 19.7 Å². The highest BCUT2D eigenvalue weighted by atomic mass is 35.5. The minimum atomic E-state index is -0.805. The van der Waals surface area contributed by atoms with Crippen molar-refractivity contribution in [2.75, 3.05) is 39.3 Å². The van der Waals surface area contributed by atoms with Gasteiger partial charge in [0, 0.05) is 51.7 Å². The molecule has 4 heterocycles. The van der Waals surface area contributed by atoms with Crippen molar-refractivity contribution in [1.82, 2.24) is 29.6 Å². The summed E-state index contributed by atoms with van der Waals surface area (Å²) in [7, 11) is 0. The first-order valence-corrected chi connectivity index (χ1v) is 14.7. The van der Waals surface area contributed by atoms with E-state index in [2.05, 4.69) is 20.2 Å². The molecule has 234 valence electrons. The van der Waals surface area contributed by atoms with E-state index in [-0.39, 0.29) is 46.4 Å². The van der Waals surface area contributed by atoms with Crippen LogP contribution in [-0.2, 0) is 0 Å². The highest BCUT2D eigenvalue weighted by Gasteiger charge is 2.35. The number of rotatable bonds is 13. The Hall–Kier alpha value is -4.44. The predicted octanol–water partition coefficient (Wildman–Crippen LogP) is 3.44. The summed E-state index contributed by atoms with van der Waals surface area (Å²) in [6.07, 6.45) is 7.72. The Labute approximate surface area is 262 Å². The SMILES string of the molecule is O=C(c1ccc(Cl)nc1)N1CCN(CCCCCCCCN2CCN(C(=O)c3ccc(Cl)nc3)C2=N[N+](=O)[O-])C1=N[N+](=O)[O-]. The Morgan fingerprint density at radius 1 is 0.682 bits per heavy atom. The number of nitrogens with zero attached hydrogens (tertiary/aromatic N) is 10. The number of amides is 2. The maximum atomic E-state index is 12.9. The number of guanidine groups is 2.